The molecule has 0 unspecified atom stereocenters. The second-order valence-corrected chi connectivity index (χ2v) is 4.11. The van der Waals surface area contributed by atoms with Crippen molar-refractivity contribution in [1.29, 1.82) is 0 Å². The molecule has 1 aliphatic heterocycles. The summed E-state index contributed by atoms with van der Waals surface area (Å²) in [6.07, 6.45) is 5.40. The molecule has 1 fully saturated rings. The van der Waals surface area contributed by atoms with Crippen molar-refractivity contribution in [3.05, 3.63) is 36.3 Å². The Balaban J connectivity index is 1.70. The molecule has 1 atom stereocenters. The van der Waals surface area contributed by atoms with E-state index in [-0.39, 0.29) is 5.91 Å². The van der Waals surface area contributed by atoms with Crippen LogP contribution in [0.2, 0.25) is 0 Å². The van der Waals surface area contributed by atoms with E-state index in [1.54, 1.807) is 11.1 Å². The number of hydrogen-bond acceptors (Lipinski definition) is 4. The average molecular weight is 232 g/mol. The number of likely N-dealkylation sites (tertiary alicyclic amines) is 1. The van der Waals surface area contributed by atoms with Crippen molar-refractivity contribution >= 4 is 5.91 Å². The molecule has 6 nitrogen and oxygen atoms in total. The lowest BCUT2D eigenvalue weighted by molar-refractivity contribution is 0.0759. The van der Waals surface area contributed by atoms with Gasteiger partial charge in [-0.2, -0.15) is 5.10 Å². The van der Waals surface area contributed by atoms with Gasteiger partial charge < -0.3 is 9.32 Å². The van der Waals surface area contributed by atoms with Gasteiger partial charge in [0.2, 0.25) is 5.76 Å². The number of carbonyl (C=O) groups excluding carboxylic acids is 1. The van der Waals surface area contributed by atoms with Crippen LogP contribution in [0.1, 0.15) is 28.6 Å². The van der Waals surface area contributed by atoms with Crippen LogP contribution in [0, 0.1) is 0 Å². The molecule has 0 spiro atoms. The highest BCUT2D eigenvalue weighted by atomic mass is 16.3. The van der Waals surface area contributed by atoms with Gasteiger partial charge in [0, 0.05) is 30.9 Å². The zero-order valence-electron chi connectivity index (χ0n) is 9.17. The van der Waals surface area contributed by atoms with E-state index in [4.69, 9.17) is 4.42 Å². The van der Waals surface area contributed by atoms with Crippen LogP contribution in [0.25, 0.3) is 0 Å². The standard InChI is InChI=1S/C11H12N4O2/c16-11(10-5-12-7-17-10)15-4-2-8(6-15)9-1-3-13-14-9/h1,3,5,7-8H,2,4,6H2,(H,13,14)/t8-/m0/s1. The van der Waals surface area contributed by atoms with Gasteiger partial charge in [0.25, 0.3) is 5.91 Å². The summed E-state index contributed by atoms with van der Waals surface area (Å²) in [5, 5.41) is 6.88. The summed E-state index contributed by atoms with van der Waals surface area (Å²) in [4.78, 5) is 17.5. The van der Waals surface area contributed by atoms with E-state index in [1.807, 2.05) is 6.07 Å². The number of amides is 1. The van der Waals surface area contributed by atoms with Gasteiger partial charge in [0.05, 0.1) is 6.20 Å². The molecule has 0 bridgehead atoms. The Kier molecular flexibility index (Phi) is 2.40. The number of rotatable bonds is 2. The quantitative estimate of drug-likeness (QED) is 0.839. The predicted octanol–water partition coefficient (Wildman–Crippen LogP) is 1.03. The van der Waals surface area contributed by atoms with Crippen molar-refractivity contribution in [2.24, 2.45) is 0 Å². The fourth-order valence-electron chi connectivity index (χ4n) is 2.17. The third kappa shape index (κ3) is 1.82. The van der Waals surface area contributed by atoms with Crippen LogP contribution in [0.3, 0.4) is 0 Å². The molecule has 1 aliphatic rings. The van der Waals surface area contributed by atoms with Crippen molar-refractivity contribution in [2.45, 2.75) is 12.3 Å². The summed E-state index contributed by atoms with van der Waals surface area (Å²) in [6.45, 7) is 1.44. The predicted molar refractivity (Wildman–Crippen MR) is 58.4 cm³/mol. The first-order valence-electron chi connectivity index (χ1n) is 5.51. The third-order valence-electron chi connectivity index (χ3n) is 3.08. The highest BCUT2D eigenvalue weighted by Gasteiger charge is 2.29. The maximum atomic E-state index is 12.0. The van der Waals surface area contributed by atoms with E-state index in [2.05, 4.69) is 15.2 Å². The molecule has 2 aromatic rings. The van der Waals surface area contributed by atoms with Gasteiger partial charge >= 0.3 is 0 Å². The van der Waals surface area contributed by atoms with E-state index in [9.17, 15) is 4.79 Å². The molecule has 0 aromatic carbocycles. The van der Waals surface area contributed by atoms with Crippen LogP contribution in [0.4, 0.5) is 0 Å². The maximum absolute atomic E-state index is 12.0. The SMILES string of the molecule is O=C(c1cnco1)N1CC[C@H](c2ccn[nH]2)C1. The van der Waals surface area contributed by atoms with E-state index in [1.165, 1.54) is 12.6 Å². The highest BCUT2D eigenvalue weighted by Crippen LogP contribution is 2.26. The largest absolute Gasteiger partial charge is 0.438 e. The average Bonchev–Trinajstić information content (AvgIpc) is 3.09. The Labute approximate surface area is 97.6 Å². The molecule has 1 N–H and O–H groups in total. The third-order valence-corrected chi connectivity index (χ3v) is 3.08. The van der Waals surface area contributed by atoms with E-state index in [0.29, 0.717) is 18.2 Å². The molecule has 0 aliphatic carbocycles. The van der Waals surface area contributed by atoms with Gasteiger partial charge in [-0.05, 0) is 12.5 Å². The van der Waals surface area contributed by atoms with E-state index >= 15 is 0 Å². The molecule has 0 radical (unpaired) electrons. The van der Waals surface area contributed by atoms with Crippen LogP contribution in [-0.2, 0) is 0 Å². The molecule has 1 saturated heterocycles. The van der Waals surface area contributed by atoms with Gasteiger partial charge in [-0.25, -0.2) is 4.98 Å². The Morgan fingerprint density at radius 1 is 1.59 bits per heavy atom. The number of aromatic amines is 1. The molecular formula is C11H12N4O2. The van der Waals surface area contributed by atoms with Crippen LogP contribution in [-0.4, -0.2) is 39.1 Å². The minimum Gasteiger partial charge on any atom is -0.438 e. The summed E-state index contributed by atoms with van der Waals surface area (Å²) >= 11 is 0. The number of aromatic nitrogens is 3. The molecule has 1 amide bonds. The first-order chi connectivity index (χ1) is 8.34. The van der Waals surface area contributed by atoms with Gasteiger partial charge in [-0.3, -0.25) is 9.89 Å². The lowest BCUT2D eigenvalue weighted by Crippen LogP contribution is -2.28. The Morgan fingerprint density at radius 2 is 2.53 bits per heavy atom. The second kappa shape index (κ2) is 4.04. The Hall–Kier alpha value is -2.11. The van der Waals surface area contributed by atoms with Gasteiger partial charge in [0.1, 0.15) is 0 Å². The molecule has 3 heterocycles. The normalized spacial score (nSPS) is 19.8. The molecule has 6 heteroatoms. The Morgan fingerprint density at radius 3 is 3.24 bits per heavy atom. The van der Waals surface area contributed by atoms with Crippen molar-refractivity contribution in [3.8, 4) is 0 Å². The molecule has 3 rings (SSSR count). The van der Waals surface area contributed by atoms with Gasteiger partial charge in [0.15, 0.2) is 6.39 Å². The number of oxazole rings is 1. The fraction of sp³-hybridized carbons (Fsp3) is 0.364. The lowest BCUT2D eigenvalue weighted by atomic mass is 10.1. The summed E-state index contributed by atoms with van der Waals surface area (Å²) in [5.74, 6) is 0.546. The van der Waals surface area contributed by atoms with E-state index < -0.39 is 0 Å². The summed E-state index contributed by atoms with van der Waals surface area (Å²) in [6, 6.07) is 1.95. The monoisotopic (exact) mass is 232 g/mol. The van der Waals surface area contributed by atoms with E-state index in [0.717, 1.165) is 18.7 Å². The Bertz CT molecular complexity index is 492. The van der Waals surface area contributed by atoms with Crippen LogP contribution in [0.15, 0.2) is 29.3 Å². The highest BCUT2D eigenvalue weighted by molar-refractivity contribution is 5.91. The molecule has 0 saturated carbocycles. The van der Waals surface area contributed by atoms with Crippen molar-refractivity contribution in [1.82, 2.24) is 20.1 Å². The summed E-state index contributed by atoms with van der Waals surface area (Å²) < 4.78 is 5.01. The zero-order chi connectivity index (χ0) is 11.7. The number of carbonyl (C=O) groups is 1. The van der Waals surface area contributed by atoms with Crippen molar-refractivity contribution in [2.75, 3.05) is 13.1 Å². The first-order valence-corrected chi connectivity index (χ1v) is 5.51. The van der Waals surface area contributed by atoms with Crippen molar-refractivity contribution in [3.63, 3.8) is 0 Å². The van der Waals surface area contributed by atoms with Gasteiger partial charge in [-0.15, -0.1) is 0 Å². The van der Waals surface area contributed by atoms with Crippen LogP contribution in [0.5, 0.6) is 0 Å². The first kappa shape index (κ1) is 10.1. The van der Waals surface area contributed by atoms with Crippen LogP contribution < -0.4 is 0 Å². The smallest absolute Gasteiger partial charge is 0.291 e. The topological polar surface area (TPSA) is 75.0 Å². The molecule has 88 valence electrons. The number of nitrogens with one attached hydrogen (secondary N) is 1. The molecule has 17 heavy (non-hydrogen) atoms. The van der Waals surface area contributed by atoms with Crippen molar-refractivity contribution < 1.29 is 9.21 Å². The fourth-order valence-corrected chi connectivity index (χ4v) is 2.17. The summed E-state index contributed by atoms with van der Waals surface area (Å²) in [5.41, 5.74) is 1.08. The molecule has 2 aromatic heterocycles. The lowest BCUT2D eigenvalue weighted by Gasteiger charge is -2.13. The second-order valence-electron chi connectivity index (χ2n) is 4.11. The van der Waals surface area contributed by atoms with Crippen LogP contribution >= 0.6 is 0 Å². The van der Waals surface area contributed by atoms with Gasteiger partial charge in [-0.1, -0.05) is 0 Å². The molecular weight excluding hydrogens is 220 g/mol. The summed E-state index contributed by atoms with van der Waals surface area (Å²) in [7, 11) is 0. The number of H-pyrrole nitrogens is 1. The zero-order valence-corrected chi connectivity index (χ0v) is 9.17. The minimum atomic E-state index is -0.0930. The number of hydrogen-bond donors (Lipinski definition) is 1. The minimum absolute atomic E-state index is 0.0930. The maximum Gasteiger partial charge on any atom is 0.291 e. The number of nitrogens with zero attached hydrogens (tertiary/aromatic N) is 3.